The van der Waals surface area contributed by atoms with E-state index in [0.29, 0.717) is 11.9 Å². The molecule has 8 heteroatoms. The van der Waals surface area contributed by atoms with Crippen molar-refractivity contribution in [1.29, 1.82) is 0 Å². The predicted molar refractivity (Wildman–Crippen MR) is 131 cm³/mol. The van der Waals surface area contributed by atoms with Crippen LogP contribution in [0.25, 0.3) is 0 Å². The molecule has 8 nitrogen and oxygen atoms in total. The van der Waals surface area contributed by atoms with E-state index in [2.05, 4.69) is 31.4 Å². The van der Waals surface area contributed by atoms with E-state index in [1.807, 2.05) is 50.7 Å². The summed E-state index contributed by atoms with van der Waals surface area (Å²) >= 11 is 0. The minimum absolute atomic E-state index is 0.172. The van der Waals surface area contributed by atoms with Gasteiger partial charge >= 0.3 is 5.97 Å². The van der Waals surface area contributed by atoms with Crippen molar-refractivity contribution in [2.45, 2.75) is 83.9 Å². The maximum atomic E-state index is 12.7. The molecule has 34 heavy (non-hydrogen) atoms. The first-order valence-corrected chi connectivity index (χ1v) is 12.0. The molecule has 1 aliphatic rings. The fourth-order valence-corrected chi connectivity index (χ4v) is 4.39. The van der Waals surface area contributed by atoms with Crippen LogP contribution in [0, 0.1) is 6.92 Å². The van der Waals surface area contributed by atoms with Crippen LogP contribution in [0.3, 0.4) is 0 Å². The summed E-state index contributed by atoms with van der Waals surface area (Å²) in [6.07, 6.45) is 12.5. The Morgan fingerprint density at radius 1 is 1.21 bits per heavy atom. The van der Waals surface area contributed by atoms with Gasteiger partial charge in [-0.2, -0.15) is 5.10 Å². The van der Waals surface area contributed by atoms with Crippen LogP contribution in [0.15, 0.2) is 43.0 Å². The van der Waals surface area contributed by atoms with Gasteiger partial charge in [-0.05, 0) is 77.5 Å². The Bertz CT molecular complexity index is 1100. The molecule has 4 rings (SSSR count). The van der Waals surface area contributed by atoms with Crippen LogP contribution in [-0.2, 0) is 22.4 Å². The third-order valence-corrected chi connectivity index (χ3v) is 5.99. The zero-order valence-corrected chi connectivity index (χ0v) is 20.5. The zero-order chi connectivity index (χ0) is 24.1. The maximum Gasteiger partial charge on any atom is 0.308 e. The summed E-state index contributed by atoms with van der Waals surface area (Å²) in [4.78, 5) is 25.9. The third-order valence-electron chi connectivity index (χ3n) is 5.99. The van der Waals surface area contributed by atoms with Crippen LogP contribution in [0.4, 0.5) is 5.82 Å². The molecule has 1 aliphatic heterocycles. The average Bonchev–Trinajstić information content (AvgIpc) is 3.25. The van der Waals surface area contributed by atoms with Gasteiger partial charge in [-0.1, -0.05) is 6.07 Å². The second kappa shape index (κ2) is 10.3. The van der Waals surface area contributed by atoms with E-state index < -0.39 is 5.60 Å². The van der Waals surface area contributed by atoms with Crippen LogP contribution in [-0.4, -0.2) is 42.3 Å². The molecule has 4 heterocycles. The first-order chi connectivity index (χ1) is 16.3. The monoisotopic (exact) mass is 462 g/mol. The largest absolute Gasteiger partial charge is 0.460 e. The zero-order valence-electron chi connectivity index (χ0n) is 20.5. The Morgan fingerprint density at radius 3 is 2.76 bits per heavy atom. The number of aryl methyl sites for hydroxylation is 3. The highest BCUT2D eigenvalue weighted by Crippen LogP contribution is 2.27. The van der Waals surface area contributed by atoms with Gasteiger partial charge in [-0.3, -0.25) is 9.48 Å². The Hall–Kier alpha value is -3.29. The molecule has 0 radical (unpaired) electrons. The molecule has 1 unspecified atom stereocenters. The molecule has 0 saturated carbocycles. The van der Waals surface area contributed by atoms with Gasteiger partial charge in [0.15, 0.2) is 0 Å². The fourth-order valence-electron chi connectivity index (χ4n) is 4.39. The summed E-state index contributed by atoms with van der Waals surface area (Å²) in [6, 6.07) is 6.27. The van der Waals surface area contributed by atoms with Crippen molar-refractivity contribution < 1.29 is 9.53 Å². The molecule has 0 fully saturated rings. The van der Waals surface area contributed by atoms with Crippen molar-refractivity contribution in [1.82, 2.24) is 24.7 Å². The number of hydrogen-bond donors (Lipinski definition) is 1. The lowest BCUT2D eigenvalue weighted by molar-refractivity contribution is -0.155. The van der Waals surface area contributed by atoms with Gasteiger partial charge in [0.2, 0.25) is 0 Å². The first-order valence-electron chi connectivity index (χ1n) is 12.0. The number of fused-ring (bicyclic) bond motifs is 1. The van der Waals surface area contributed by atoms with Crippen molar-refractivity contribution in [2.75, 3.05) is 5.32 Å². The molecule has 0 saturated heterocycles. The number of hydrogen-bond acceptors (Lipinski definition) is 7. The van der Waals surface area contributed by atoms with Gasteiger partial charge < -0.3 is 10.1 Å². The van der Waals surface area contributed by atoms with E-state index in [9.17, 15) is 4.79 Å². The van der Waals surface area contributed by atoms with Gasteiger partial charge in [0.1, 0.15) is 17.2 Å². The maximum absolute atomic E-state index is 12.7. The van der Waals surface area contributed by atoms with E-state index >= 15 is 0 Å². The lowest BCUT2D eigenvalue weighted by Crippen LogP contribution is -2.27. The molecule has 0 aromatic carbocycles. The van der Waals surface area contributed by atoms with Gasteiger partial charge in [-0.25, -0.2) is 15.0 Å². The number of carbonyl (C=O) groups is 1. The van der Waals surface area contributed by atoms with Gasteiger partial charge in [0, 0.05) is 42.1 Å². The van der Waals surface area contributed by atoms with E-state index in [-0.39, 0.29) is 18.4 Å². The summed E-state index contributed by atoms with van der Waals surface area (Å²) < 4.78 is 7.54. The van der Waals surface area contributed by atoms with Crippen molar-refractivity contribution in [3.05, 3.63) is 65.6 Å². The minimum Gasteiger partial charge on any atom is -0.460 e. The number of pyridine rings is 1. The number of anilines is 1. The number of esters is 1. The predicted octanol–water partition coefficient (Wildman–Crippen LogP) is 4.45. The molecule has 180 valence electrons. The van der Waals surface area contributed by atoms with Crippen LogP contribution >= 0.6 is 0 Å². The Labute approximate surface area is 201 Å². The Morgan fingerprint density at radius 2 is 2.00 bits per heavy atom. The quantitative estimate of drug-likeness (QED) is 0.494. The van der Waals surface area contributed by atoms with Gasteiger partial charge in [-0.15, -0.1) is 0 Å². The van der Waals surface area contributed by atoms with Crippen LogP contribution in [0.5, 0.6) is 0 Å². The molecule has 3 aromatic rings. The number of nitrogens with zero attached hydrogens (tertiary/aromatic N) is 5. The van der Waals surface area contributed by atoms with E-state index in [4.69, 9.17) is 4.74 Å². The highest BCUT2D eigenvalue weighted by atomic mass is 16.6. The van der Waals surface area contributed by atoms with Crippen LogP contribution in [0.2, 0.25) is 0 Å². The lowest BCUT2D eigenvalue weighted by Gasteiger charge is -2.26. The fraction of sp³-hybridized carbons (Fsp3) is 0.500. The summed E-state index contributed by atoms with van der Waals surface area (Å²) in [6.45, 7) is 7.48. The molecular weight excluding hydrogens is 428 g/mol. The second-order valence-corrected chi connectivity index (χ2v) is 9.92. The number of aromatic nitrogens is 5. The number of carbonyl (C=O) groups excluding carboxylic acids is 1. The summed E-state index contributed by atoms with van der Waals surface area (Å²) in [7, 11) is 0. The summed E-state index contributed by atoms with van der Waals surface area (Å²) in [5.41, 5.74) is 2.68. The first kappa shape index (κ1) is 23.9. The SMILES string of the molecule is Cc1ncc(C(CC(=O)OC(C)(C)C)n2nccc2CCC[C@H]2CCc3cccnc3N2)cn1. The van der Waals surface area contributed by atoms with Crippen molar-refractivity contribution in [3.8, 4) is 0 Å². The molecule has 2 atom stereocenters. The highest BCUT2D eigenvalue weighted by Gasteiger charge is 2.26. The second-order valence-electron chi connectivity index (χ2n) is 9.92. The summed E-state index contributed by atoms with van der Waals surface area (Å²) in [5.74, 6) is 1.44. The highest BCUT2D eigenvalue weighted by molar-refractivity contribution is 5.71. The number of rotatable bonds is 8. The Kier molecular flexibility index (Phi) is 7.24. The van der Waals surface area contributed by atoms with Gasteiger partial charge in [0.25, 0.3) is 0 Å². The molecule has 0 aliphatic carbocycles. The number of ether oxygens (including phenoxy) is 1. The van der Waals surface area contributed by atoms with E-state index in [1.54, 1.807) is 18.6 Å². The molecular formula is C26H34N6O2. The van der Waals surface area contributed by atoms with Crippen molar-refractivity contribution in [2.24, 2.45) is 0 Å². The minimum atomic E-state index is -0.543. The molecule has 3 aromatic heterocycles. The van der Waals surface area contributed by atoms with E-state index in [0.717, 1.165) is 49.2 Å². The number of nitrogens with one attached hydrogen (secondary N) is 1. The van der Waals surface area contributed by atoms with Crippen molar-refractivity contribution in [3.63, 3.8) is 0 Å². The molecule has 0 bridgehead atoms. The normalized spacial score (nSPS) is 16.4. The summed E-state index contributed by atoms with van der Waals surface area (Å²) in [5, 5.41) is 8.17. The third kappa shape index (κ3) is 6.18. The average molecular weight is 463 g/mol. The van der Waals surface area contributed by atoms with Gasteiger partial charge in [0.05, 0.1) is 12.5 Å². The standard InChI is InChI=1S/C26H34N6O2/c1-18-28-16-20(17-29-18)23(15-24(33)34-26(2,3)4)32-22(12-14-30-32)9-5-8-21-11-10-19-7-6-13-27-25(19)31-21/h6-7,12-14,16-17,21,23H,5,8-11,15H2,1-4H3,(H,27,31)/t21-,23?/m0/s1. The smallest absolute Gasteiger partial charge is 0.308 e. The Balaban J connectivity index is 1.44. The molecule has 0 spiro atoms. The van der Waals surface area contributed by atoms with Crippen molar-refractivity contribution >= 4 is 11.8 Å². The topological polar surface area (TPSA) is 94.8 Å². The van der Waals surface area contributed by atoms with Crippen LogP contribution < -0.4 is 5.32 Å². The van der Waals surface area contributed by atoms with Crippen LogP contribution in [0.1, 0.15) is 75.1 Å². The molecule has 0 amide bonds. The lowest BCUT2D eigenvalue weighted by atomic mass is 9.96. The molecule has 1 N–H and O–H groups in total. The van der Waals surface area contributed by atoms with E-state index in [1.165, 1.54) is 5.56 Å².